The van der Waals surface area contributed by atoms with Gasteiger partial charge < -0.3 is 29.7 Å². The van der Waals surface area contributed by atoms with Crippen LogP contribution in [0.25, 0.3) is 10.9 Å². The number of hydrogen-bond donors (Lipinski definition) is 2. The van der Waals surface area contributed by atoms with Crippen LogP contribution in [-0.4, -0.2) is 71.2 Å². The van der Waals surface area contributed by atoms with Gasteiger partial charge in [-0.15, -0.1) is 0 Å². The van der Waals surface area contributed by atoms with E-state index < -0.39 is 35.7 Å². The number of amides is 1. The number of likely N-dealkylation sites (tertiary alicyclic amines) is 1. The van der Waals surface area contributed by atoms with Crippen LogP contribution in [0, 0.1) is 11.7 Å². The summed E-state index contributed by atoms with van der Waals surface area (Å²) < 4.78 is 30.1. The van der Waals surface area contributed by atoms with Crippen molar-refractivity contribution in [2.45, 2.75) is 51.6 Å². The first kappa shape index (κ1) is 32.0. The molecule has 0 spiro atoms. The molecule has 1 saturated carbocycles. The van der Waals surface area contributed by atoms with Crippen molar-refractivity contribution < 1.29 is 33.0 Å². The third-order valence-corrected chi connectivity index (χ3v) is 7.81. The zero-order valence-corrected chi connectivity index (χ0v) is 25.8. The van der Waals surface area contributed by atoms with E-state index in [0.29, 0.717) is 59.2 Å². The summed E-state index contributed by atoms with van der Waals surface area (Å²) in [5.74, 6) is -0.534. The predicted molar refractivity (Wildman–Crippen MR) is 167 cm³/mol. The molecule has 5 rings (SSSR count). The second kappa shape index (κ2) is 14.6. The fourth-order valence-corrected chi connectivity index (χ4v) is 5.30. The Bertz CT molecular complexity index is 1570. The first-order valence-corrected chi connectivity index (χ1v) is 15.4. The molecule has 1 aromatic heterocycles. The molecule has 45 heavy (non-hydrogen) atoms. The monoisotopic (exact) mass is 639 g/mol. The molecule has 2 atom stereocenters. The maximum Gasteiger partial charge on any atom is 0.328 e. The summed E-state index contributed by atoms with van der Waals surface area (Å²) in [7, 11) is 0. The molecule has 11 nitrogen and oxygen atoms in total. The highest BCUT2D eigenvalue weighted by atomic mass is 35.5. The van der Waals surface area contributed by atoms with E-state index in [1.165, 1.54) is 29.4 Å². The van der Waals surface area contributed by atoms with Crippen LogP contribution < -0.4 is 15.4 Å². The van der Waals surface area contributed by atoms with Gasteiger partial charge in [-0.2, -0.15) is 0 Å². The number of rotatable bonds is 13. The summed E-state index contributed by atoms with van der Waals surface area (Å²) in [6.07, 6.45) is 7.22. The topological polar surface area (TPSA) is 132 Å². The summed E-state index contributed by atoms with van der Waals surface area (Å²) in [6, 6.07) is 6.22. The minimum atomic E-state index is -0.866. The number of fused-ring (bicyclic) bond motifs is 1. The van der Waals surface area contributed by atoms with Gasteiger partial charge >= 0.3 is 11.9 Å². The Hall–Kier alpha value is -4.45. The average molecular weight is 640 g/mol. The molecular formula is C32H35ClFN5O6. The zero-order chi connectivity index (χ0) is 31.9. The van der Waals surface area contributed by atoms with Gasteiger partial charge in [-0.3, -0.25) is 4.79 Å². The summed E-state index contributed by atoms with van der Waals surface area (Å²) >= 11 is 5.97. The highest BCUT2D eigenvalue weighted by Crippen LogP contribution is 2.36. The molecule has 2 N–H and O–H groups in total. The molecule has 2 unspecified atom stereocenters. The van der Waals surface area contributed by atoms with Crippen molar-refractivity contribution in [2.24, 2.45) is 5.92 Å². The number of nitrogens with zero attached hydrogens (tertiary/aromatic N) is 3. The van der Waals surface area contributed by atoms with Crippen molar-refractivity contribution in [1.29, 1.82) is 0 Å². The minimum Gasteiger partial charge on any atom is -0.491 e. The van der Waals surface area contributed by atoms with E-state index in [9.17, 15) is 18.8 Å². The van der Waals surface area contributed by atoms with Crippen molar-refractivity contribution in [2.75, 3.05) is 37.0 Å². The van der Waals surface area contributed by atoms with E-state index >= 15 is 0 Å². The number of ether oxygens (including phenoxy) is 3. The number of anilines is 3. The number of carbonyl (C=O) groups is 3. The lowest BCUT2D eigenvalue weighted by atomic mass is 10.1. The van der Waals surface area contributed by atoms with Gasteiger partial charge in [0.2, 0.25) is 5.91 Å². The number of benzene rings is 2. The lowest BCUT2D eigenvalue weighted by molar-refractivity contribution is -0.158. The second-order valence-electron chi connectivity index (χ2n) is 10.7. The van der Waals surface area contributed by atoms with Crippen LogP contribution in [0.2, 0.25) is 5.02 Å². The molecule has 0 radical (unpaired) electrons. The molecule has 13 heteroatoms. The van der Waals surface area contributed by atoms with Crippen LogP contribution >= 0.6 is 11.6 Å². The molecule has 1 saturated heterocycles. The molecule has 1 amide bonds. The van der Waals surface area contributed by atoms with Crippen molar-refractivity contribution in [3.63, 3.8) is 0 Å². The Kier molecular flexibility index (Phi) is 10.3. The molecule has 0 bridgehead atoms. The summed E-state index contributed by atoms with van der Waals surface area (Å²) in [4.78, 5) is 48.5. The van der Waals surface area contributed by atoms with E-state index in [-0.39, 0.29) is 24.8 Å². The van der Waals surface area contributed by atoms with Crippen LogP contribution in [0.3, 0.4) is 0 Å². The summed E-state index contributed by atoms with van der Waals surface area (Å²) in [6.45, 7) is 4.50. The number of nitrogens with one attached hydrogen (secondary N) is 2. The highest BCUT2D eigenvalue weighted by molar-refractivity contribution is 6.31. The van der Waals surface area contributed by atoms with Gasteiger partial charge in [0, 0.05) is 29.8 Å². The maximum absolute atomic E-state index is 13.7. The molecular weight excluding hydrogens is 605 g/mol. The Morgan fingerprint density at radius 1 is 1.02 bits per heavy atom. The Balaban J connectivity index is 1.35. The third-order valence-electron chi connectivity index (χ3n) is 7.52. The number of carbonyl (C=O) groups excluding carboxylic acids is 3. The van der Waals surface area contributed by atoms with Gasteiger partial charge in [-0.05, 0) is 69.7 Å². The van der Waals surface area contributed by atoms with E-state index in [0.717, 1.165) is 12.8 Å². The first-order valence-electron chi connectivity index (χ1n) is 15.0. The van der Waals surface area contributed by atoms with E-state index in [1.54, 1.807) is 26.0 Å². The largest absolute Gasteiger partial charge is 0.491 e. The Morgan fingerprint density at radius 3 is 2.38 bits per heavy atom. The first-order chi connectivity index (χ1) is 21.8. The lowest BCUT2D eigenvalue weighted by Crippen LogP contribution is -2.48. The zero-order valence-electron chi connectivity index (χ0n) is 25.1. The van der Waals surface area contributed by atoms with E-state index in [1.807, 2.05) is 12.1 Å². The molecule has 3 aromatic rings. The van der Waals surface area contributed by atoms with E-state index in [4.69, 9.17) is 25.8 Å². The van der Waals surface area contributed by atoms with Crippen molar-refractivity contribution in [3.05, 3.63) is 59.7 Å². The number of hydrogen-bond acceptors (Lipinski definition) is 10. The SMILES string of the molecule is CCOC(=O)C1CCC(C(=O)OCC)N1C(=O)/C=C\CNc1cc2c(Nc3ccc(F)c(Cl)c3)ncnc2cc1OCC1CC1. The van der Waals surface area contributed by atoms with Crippen LogP contribution in [0.15, 0.2) is 48.8 Å². The lowest BCUT2D eigenvalue weighted by Gasteiger charge is -2.26. The molecule has 2 aliphatic rings. The third kappa shape index (κ3) is 7.80. The van der Waals surface area contributed by atoms with Crippen molar-refractivity contribution in [3.8, 4) is 5.75 Å². The van der Waals surface area contributed by atoms with Gasteiger partial charge in [0.15, 0.2) is 0 Å². The smallest absolute Gasteiger partial charge is 0.328 e. The Morgan fingerprint density at radius 2 is 1.73 bits per heavy atom. The molecule has 238 valence electrons. The minimum absolute atomic E-state index is 0.0195. The van der Waals surface area contributed by atoms with Crippen LogP contribution in [0.4, 0.5) is 21.6 Å². The molecule has 1 aliphatic heterocycles. The van der Waals surface area contributed by atoms with Crippen LogP contribution in [-0.2, 0) is 23.9 Å². The average Bonchev–Trinajstić information content (AvgIpc) is 3.75. The summed E-state index contributed by atoms with van der Waals surface area (Å²) in [5, 5.41) is 7.11. The highest BCUT2D eigenvalue weighted by Gasteiger charge is 2.45. The van der Waals surface area contributed by atoms with Gasteiger partial charge in [0.25, 0.3) is 0 Å². The van der Waals surface area contributed by atoms with Crippen molar-refractivity contribution in [1.82, 2.24) is 14.9 Å². The normalized spacial score (nSPS) is 17.8. The maximum atomic E-state index is 13.7. The van der Waals surface area contributed by atoms with Gasteiger partial charge in [-0.25, -0.2) is 23.9 Å². The fraction of sp³-hybridized carbons (Fsp3) is 0.406. The molecule has 2 aromatic carbocycles. The Labute approximate surface area is 265 Å². The van der Waals surface area contributed by atoms with Crippen LogP contribution in [0.5, 0.6) is 5.75 Å². The van der Waals surface area contributed by atoms with Crippen LogP contribution in [0.1, 0.15) is 39.5 Å². The second-order valence-corrected chi connectivity index (χ2v) is 11.1. The molecule has 1 aliphatic carbocycles. The number of esters is 2. The van der Waals surface area contributed by atoms with Crippen molar-refractivity contribution >= 4 is 57.5 Å². The molecule has 2 heterocycles. The predicted octanol–water partition coefficient (Wildman–Crippen LogP) is 5.41. The number of aromatic nitrogens is 2. The standard InChI is InChI=1S/C32H35ClFN5O6/c1-3-43-31(41)26-11-12-27(32(42)44-4-2)39(26)29(40)6-5-13-35-25-15-21-24(16-28(25)45-17-19-7-8-19)36-18-37-30(21)38-20-9-10-23(34)22(33)14-20/h5-6,9-10,14-16,18-19,26-27,35H,3-4,7-8,11-13,17H2,1-2H3,(H,36,37,38)/b6-5-. The van der Waals surface area contributed by atoms with E-state index in [2.05, 4.69) is 20.6 Å². The van der Waals surface area contributed by atoms with Gasteiger partial charge in [0.05, 0.1) is 36.0 Å². The fourth-order valence-electron chi connectivity index (χ4n) is 5.12. The van der Waals surface area contributed by atoms with Gasteiger partial charge in [-0.1, -0.05) is 17.7 Å². The molecule has 2 fully saturated rings. The summed E-state index contributed by atoms with van der Waals surface area (Å²) in [5.41, 5.74) is 1.83. The quantitative estimate of drug-likeness (QED) is 0.185. The number of halogens is 2. The van der Waals surface area contributed by atoms with Gasteiger partial charge in [0.1, 0.15) is 35.8 Å².